The van der Waals surface area contributed by atoms with Gasteiger partial charge in [0.2, 0.25) is 5.91 Å². The minimum Gasteiger partial charge on any atom is -0.382 e. The Bertz CT molecular complexity index is 1320. The van der Waals surface area contributed by atoms with E-state index in [1.807, 2.05) is 41.2 Å². The van der Waals surface area contributed by atoms with E-state index in [-0.39, 0.29) is 11.5 Å². The van der Waals surface area contributed by atoms with Gasteiger partial charge in [-0.05, 0) is 43.6 Å². The molecular formula is C26H26FN7O. The number of nitrogens with two attached hydrogens (primary N) is 1. The number of hydrogen-bond acceptors (Lipinski definition) is 6. The molecule has 35 heavy (non-hydrogen) atoms. The van der Waals surface area contributed by atoms with Gasteiger partial charge in [-0.3, -0.25) is 9.48 Å². The number of piperidine rings is 1. The zero-order valence-electron chi connectivity index (χ0n) is 19.1. The Balaban J connectivity index is 1.51. The average Bonchev–Trinajstić information content (AvgIpc) is 3.38. The van der Waals surface area contributed by atoms with Crippen LogP contribution in [-0.2, 0) is 4.79 Å². The third kappa shape index (κ3) is 4.90. The van der Waals surface area contributed by atoms with E-state index in [9.17, 15) is 9.18 Å². The summed E-state index contributed by atoms with van der Waals surface area (Å²) >= 11 is 0. The molecule has 1 fully saturated rings. The number of rotatable bonds is 6. The van der Waals surface area contributed by atoms with Crippen molar-refractivity contribution in [1.29, 1.82) is 0 Å². The van der Waals surface area contributed by atoms with Crippen LogP contribution in [0, 0.1) is 5.82 Å². The van der Waals surface area contributed by atoms with Crippen LogP contribution in [0.15, 0.2) is 73.2 Å². The molecule has 1 amide bonds. The quantitative estimate of drug-likeness (QED) is 0.395. The first-order valence-electron chi connectivity index (χ1n) is 11.6. The minimum absolute atomic E-state index is 0.0874. The van der Waals surface area contributed by atoms with Crippen LogP contribution in [0.5, 0.6) is 0 Å². The fourth-order valence-corrected chi connectivity index (χ4v) is 4.35. The number of carbonyl (C=O) groups excluding carboxylic acids is 1. The monoisotopic (exact) mass is 471 g/mol. The number of benzene rings is 2. The SMILES string of the molecule is Nc1ncc(-c2cnn(C3CCNCC3)c2)nc1[C@H](C(=O)Nc1ccccc1F)c1ccccc1. The predicted molar refractivity (Wildman–Crippen MR) is 132 cm³/mol. The number of nitrogens with one attached hydrogen (secondary N) is 2. The van der Waals surface area contributed by atoms with Crippen LogP contribution in [0.3, 0.4) is 0 Å². The second-order valence-electron chi connectivity index (χ2n) is 8.53. The van der Waals surface area contributed by atoms with E-state index < -0.39 is 17.6 Å². The number of aromatic nitrogens is 4. The number of halogens is 1. The number of nitrogen functional groups attached to an aromatic ring is 1. The maximum atomic E-state index is 14.3. The lowest BCUT2D eigenvalue weighted by Gasteiger charge is -2.22. The maximum Gasteiger partial charge on any atom is 0.238 e. The van der Waals surface area contributed by atoms with E-state index in [4.69, 9.17) is 10.7 Å². The molecule has 4 aromatic rings. The first-order valence-corrected chi connectivity index (χ1v) is 11.6. The molecule has 0 spiro atoms. The lowest BCUT2D eigenvalue weighted by Crippen LogP contribution is -2.29. The number of hydrogen-bond donors (Lipinski definition) is 3. The van der Waals surface area contributed by atoms with E-state index in [1.165, 1.54) is 12.1 Å². The molecule has 4 N–H and O–H groups in total. The normalized spacial score (nSPS) is 15.0. The molecule has 2 aromatic heterocycles. The fraction of sp³-hybridized carbons (Fsp3) is 0.231. The van der Waals surface area contributed by atoms with Crippen LogP contribution >= 0.6 is 0 Å². The highest BCUT2D eigenvalue weighted by Gasteiger charge is 2.28. The van der Waals surface area contributed by atoms with Gasteiger partial charge in [0.05, 0.1) is 29.8 Å². The van der Waals surface area contributed by atoms with Crippen molar-refractivity contribution in [2.24, 2.45) is 0 Å². The van der Waals surface area contributed by atoms with Crippen molar-refractivity contribution >= 4 is 17.4 Å². The number of para-hydroxylation sites is 1. The highest BCUT2D eigenvalue weighted by Crippen LogP contribution is 2.31. The molecule has 0 saturated carbocycles. The summed E-state index contributed by atoms with van der Waals surface area (Å²) < 4.78 is 16.2. The first kappa shape index (κ1) is 22.7. The minimum atomic E-state index is -0.886. The molecule has 0 unspecified atom stereocenters. The van der Waals surface area contributed by atoms with Crippen molar-refractivity contribution < 1.29 is 9.18 Å². The van der Waals surface area contributed by atoms with Gasteiger partial charge in [-0.2, -0.15) is 5.10 Å². The summed E-state index contributed by atoms with van der Waals surface area (Å²) in [6.45, 7) is 1.92. The summed E-state index contributed by atoms with van der Waals surface area (Å²) in [6, 6.07) is 15.5. The van der Waals surface area contributed by atoms with Gasteiger partial charge in [-0.15, -0.1) is 0 Å². The molecule has 2 aromatic carbocycles. The zero-order chi connectivity index (χ0) is 24.2. The van der Waals surface area contributed by atoms with E-state index in [0.29, 0.717) is 23.0 Å². The van der Waals surface area contributed by atoms with Crippen LogP contribution < -0.4 is 16.4 Å². The number of amides is 1. The van der Waals surface area contributed by atoms with Crippen molar-refractivity contribution in [3.05, 3.63) is 90.3 Å². The van der Waals surface area contributed by atoms with Crippen molar-refractivity contribution in [3.63, 3.8) is 0 Å². The summed E-state index contributed by atoms with van der Waals surface area (Å²) in [5, 5.41) is 10.6. The maximum absolute atomic E-state index is 14.3. The van der Waals surface area contributed by atoms with Gasteiger partial charge in [-0.25, -0.2) is 14.4 Å². The molecular weight excluding hydrogens is 445 g/mol. The standard InChI is InChI=1S/C26H26FN7O/c27-20-8-4-5-9-21(20)33-26(35)23(17-6-2-1-3-7-17)24-25(28)30-15-22(32-24)18-14-31-34(16-18)19-10-12-29-13-11-19/h1-9,14-16,19,23,29H,10-13H2,(H2,28,30)(H,33,35)/t23-/m1/s1. The number of carbonyl (C=O) groups is 1. The smallest absolute Gasteiger partial charge is 0.238 e. The number of anilines is 2. The van der Waals surface area contributed by atoms with E-state index in [2.05, 4.69) is 20.7 Å². The molecule has 0 bridgehead atoms. The summed E-state index contributed by atoms with van der Waals surface area (Å²) in [6.07, 6.45) is 7.30. The Morgan fingerprint density at radius 2 is 1.83 bits per heavy atom. The molecule has 8 nitrogen and oxygen atoms in total. The topological polar surface area (TPSA) is 111 Å². The van der Waals surface area contributed by atoms with E-state index in [1.54, 1.807) is 24.5 Å². The highest BCUT2D eigenvalue weighted by atomic mass is 19.1. The fourth-order valence-electron chi connectivity index (χ4n) is 4.35. The largest absolute Gasteiger partial charge is 0.382 e. The Kier molecular flexibility index (Phi) is 6.49. The summed E-state index contributed by atoms with van der Waals surface area (Å²) in [7, 11) is 0. The highest BCUT2D eigenvalue weighted by molar-refractivity contribution is 5.98. The van der Waals surface area contributed by atoms with Gasteiger partial charge < -0.3 is 16.4 Å². The third-order valence-electron chi connectivity index (χ3n) is 6.21. The molecule has 0 aliphatic carbocycles. The second kappa shape index (κ2) is 10.0. The van der Waals surface area contributed by atoms with E-state index in [0.717, 1.165) is 31.5 Å². The Hall–Kier alpha value is -4.11. The lowest BCUT2D eigenvalue weighted by atomic mass is 9.94. The van der Waals surface area contributed by atoms with Gasteiger partial charge in [0.15, 0.2) is 0 Å². The molecule has 1 aliphatic heterocycles. The number of nitrogens with zero attached hydrogens (tertiary/aromatic N) is 4. The van der Waals surface area contributed by atoms with Crippen LogP contribution in [0.1, 0.15) is 36.1 Å². The average molecular weight is 472 g/mol. The predicted octanol–water partition coefficient (Wildman–Crippen LogP) is 3.76. The zero-order valence-corrected chi connectivity index (χ0v) is 19.1. The van der Waals surface area contributed by atoms with Crippen LogP contribution in [-0.4, -0.2) is 38.7 Å². The summed E-state index contributed by atoms with van der Waals surface area (Å²) in [5.74, 6) is -1.73. The van der Waals surface area contributed by atoms with Crippen molar-refractivity contribution in [2.45, 2.75) is 24.8 Å². The molecule has 1 saturated heterocycles. The Morgan fingerprint density at radius 3 is 2.60 bits per heavy atom. The molecule has 9 heteroatoms. The van der Waals surface area contributed by atoms with Crippen LogP contribution in [0.4, 0.5) is 15.9 Å². The summed E-state index contributed by atoms with van der Waals surface area (Å²) in [5.41, 5.74) is 8.65. The third-order valence-corrected chi connectivity index (χ3v) is 6.21. The summed E-state index contributed by atoms with van der Waals surface area (Å²) in [4.78, 5) is 22.6. The van der Waals surface area contributed by atoms with E-state index >= 15 is 0 Å². The Labute approximate surface area is 202 Å². The van der Waals surface area contributed by atoms with Gasteiger partial charge in [0.25, 0.3) is 0 Å². The molecule has 1 atom stereocenters. The molecule has 178 valence electrons. The second-order valence-corrected chi connectivity index (χ2v) is 8.53. The van der Waals surface area contributed by atoms with Crippen molar-refractivity contribution in [3.8, 4) is 11.3 Å². The van der Waals surface area contributed by atoms with Crippen molar-refractivity contribution in [2.75, 3.05) is 24.1 Å². The lowest BCUT2D eigenvalue weighted by molar-refractivity contribution is -0.116. The van der Waals surface area contributed by atoms with Crippen LogP contribution in [0.25, 0.3) is 11.3 Å². The Morgan fingerprint density at radius 1 is 1.09 bits per heavy atom. The van der Waals surface area contributed by atoms with Gasteiger partial charge in [0.1, 0.15) is 23.2 Å². The van der Waals surface area contributed by atoms with Gasteiger partial charge in [0, 0.05) is 11.8 Å². The first-order chi connectivity index (χ1) is 17.1. The molecule has 0 radical (unpaired) electrons. The van der Waals surface area contributed by atoms with Crippen molar-refractivity contribution in [1.82, 2.24) is 25.1 Å². The molecule has 5 rings (SSSR count). The van der Waals surface area contributed by atoms with Gasteiger partial charge >= 0.3 is 0 Å². The molecule has 3 heterocycles. The molecule has 1 aliphatic rings. The van der Waals surface area contributed by atoms with Gasteiger partial charge in [-0.1, -0.05) is 42.5 Å². The van der Waals surface area contributed by atoms with Crippen LogP contribution in [0.2, 0.25) is 0 Å².